The van der Waals surface area contributed by atoms with E-state index in [9.17, 15) is 13.9 Å². The van der Waals surface area contributed by atoms with Crippen LogP contribution in [0.1, 0.15) is 5.56 Å². The Morgan fingerprint density at radius 2 is 1.59 bits per heavy atom. The number of aliphatic hydroxyl groups is 1. The average Bonchev–Trinajstić information content (AvgIpc) is 2.79. The zero-order chi connectivity index (χ0) is 22.9. The van der Waals surface area contributed by atoms with Crippen molar-refractivity contribution in [1.82, 2.24) is 4.90 Å². The van der Waals surface area contributed by atoms with E-state index >= 15 is 0 Å². The molecule has 0 radical (unpaired) electrons. The van der Waals surface area contributed by atoms with Crippen LogP contribution in [0.5, 0.6) is 17.2 Å². The largest absolute Gasteiger partial charge is 0.493 e. The molecule has 7 heteroatoms. The number of hydrogen-bond acceptors (Lipinski definition) is 5. The van der Waals surface area contributed by atoms with Crippen molar-refractivity contribution >= 4 is 0 Å². The van der Waals surface area contributed by atoms with Crippen LogP contribution in [-0.2, 0) is 6.54 Å². The van der Waals surface area contributed by atoms with Gasteiger partial charge in [-0.05, 0) is 48.0 Å². The summed E-state index contributed by atoms with van der Waals surface area (Å²) in [6.45, 7) is -1.89. The third kappa shape index (κ3) is 6.93. The Morgan fingerprint density at radius 3 is 2.25 bits per heavy atom. The van der Waals surface area contributed by atoms with Gasteiger partial charge < -0.3 is 19.3 Å². The average molecular weight is 443 g/mol. The summed E-state index contributed by atoms with van der Waals surface area (Å²) in [6, 6.07) is 22.6. The summed E-state index contributed by atoms with van der Waals surface area (Å²) in [5.74, 6) is 0.908. The van der Waals surface area contributed by atoms with Gasteiger partial charge in [-0.1, -0.05) is 48.5 Å². The van der Waals surface area contributed by atoms with Crippen molar-refractivity contribution in [3.63, 3.8) is 0 Å². The van der Waals surface area contributed by atoms with Crippen molar-refractivity contribution in [3.05, 3.63) is 78.4 Å². The maximum absolute atomic E-state index is 12.5. The summed E-state index contributed by atoms with van der Waals surface area (Å²) in [6.07, 6.45) is -0.697. The molecule has 0 bridgehead atoms. The third-order valence-corrected chi connectivity index (χ3v) is 4.82. The molecule has 0 fully saturated rings. The Labute approximate surface area is 186 Å². The van der Waals surface area contributed by atoms with E-state index in [2.05, 4.69) is 4.74 Å². The van der Waals surface area contributed by atoms with Gasteiger partial charge >= 0.3 is 6.61 Å². The van der Waals surface area contributed by atoms with Gasteiger partial charge in [0.25, 0.3) is 0 Å². The van der Waals surface area contributed by atoms with Gasteiger partial charge in [-0.2, -0.15) is 8.78 Å². The van der Waals surface area contributed by atoms with Gasteiger partial charge in [0.2, 0.25) is 0 Å². The molecule has 32 heavy (non-hydrogen) atoms. The smallest absolute Gasteiger partial charge is 0.387 e. The number of benzene rings is 3. The minimum absolute atomic E-state index is 0.0133. The maximum Gasteiger partial charge on any atom is 0.387 e. The molecular formula is C25H27F2NO4. The highest BCUT2D eigenvalue weighted by Crippen LogP contribution is 2.30. The first-order valence-electron chi connectivity index (χ1n) is 10.2. The molecule has 0 aliphatic rings. The predicted octanol–water partition coefficient (Wildman–Crippen LogP) is 4.84. The van der Waals surface area contributed by atoms with Crippen LogP contribution in [0.15, 0.2) is 72.8 Å². The van der Waals surface area contributed by atoms with Crippen LogP contribution < -0.4 is 14.2 Å². The number of methoxy groups -OCH3 is 1. The van der Waals surface area contributed by atoms with E-state index in [1.54, 1.807) is 12.1 Å². The quantitative estimate of drug-likeness (QED) is 0.460. The predicted molar refractivity (Wildman–Crippen MR) is 119 cm³/mol. The van der Waals surface area contributed by atoms with E-state index in [-0.39, 0.29) is 18.1 Å². The first-order chi connectivity index (χ1) is 15.4. The molecule has 1 N–H and O–H groups in total. The minimum atomic E-state index is -2.91. The van der Waals surface area contributed by atoms with E-state index < -0.39 is 12.7 Å². The number of rotatable bonds is 11. The molecular weight excluding hydrogens is 416 g/mol. The lowest BCUT2D eigenvalue weighted by Crippen LogP contribution is -2.32. The van der Waals surface area contributed by atoms with E-state index in [0.29, 0.717) is 18.8 Å². The number of aliphatic hydroxyl groups excluding tert-OH is 1. The topological polar surface area (TPSA) is 51.2 Å². The summed E-state index contributed by atoms with van der Waals surface area (Å²) in [7, 11) is 3.25. The fraction of sp³-hybridized carbons (Fsp3) is 0.280. The van der Waals surface area contributed by atoms with Gasteiger partial charge in [-0.15, -0.1) is 0 Å². The Morgan fingerprint density at radius 1 is 0.906 bits per heavy atom. The lowest BCUT2D eigenvalue weighted by atomic mass is 10.1. The molecule has 3 aromatic rings. The highest BCUT2D eigenvalue weighted by Gasteiger charge is 2.14. The van der Waals surface area contributed by atoms with Crippen molar-refractivity contribution < 1.29 is 28.1 Å². The molecule has 0 spiro atoms. The number of halogens is 2. The number of ether oxygens (including phenoxy) is 3. The molecule has 170 valence electrons. The summed E-state index contributed by atoms with van der Waals surface area (Å²) < 4.78 is 40.2. The van der Waals surface area contributed by atoms with E-state index in [1.165, 1.54) is 13.2 Å². The third-order valence-electron chi connectivity index (χ3n) is 4.82. The Balaban J connectivity index is 1.48. The van der Waals surface area contributed by atoms with Crippen molar-refractivity contribution in [2.75, 3.05) is 27.3 Å². The van der Waals surface area contributed by atoms with Crippen LogP contribution >= 0.6 is 0 Å². The molecule has 0 unspecified atom stereocenters. The Kier molecular flexibility index (Phi) is 8.41. The number of nitrogens with zero attached hydrogens (tertiary/aromatic N) is 1. The van der Waals surface area contributed by atoms with Crippen molar-refractivity contribution in [1.29, 1.82) is 0 Å². The van der Waals surface area contributed by atoms with Gasteiger partial charge in [0.05, 0.1) is 7.11 Å². The van der Waals surface area contributed by atoms with Crippen molar-refractivity contribution in [2.45, 2.75) is 19.3 Å². The zero-order valence-corrected chi connectivity index (χ0v) is 18.1. The fourth-order valence-corrected chi connectivity index (χ4v) is 3.36. The molecule has 0 aliphatic heterocycles. The summed E-state index contributed by atoms with van der Waals surface area (Å²) in [5, 5.41) is 10.3. The molecule has 0 amide bonds. The maximum atomic E-state index is 12.5. The van der Waals surface area contributed by atoms with Gasteiger partial charge in [0.1, 0.15) is 18.5 Å². The number of alkyl halides is 2. The normalized spacial score (nSPS) is 12.1. The van der Waals surface area contributed by atoms with Gasteiger partial charge in [0.15, 0.2) is 11.5 Å². The standard InChI is InChI=1S/C25H27F2NO4/c1-28(15-18-8-13-23(32-25(26)27)24(14-18)30-2)16-21(29)17-31-22-11-9-20(10-12-22)19-6-4-3-5-7-19/h3-14,21,25,29H,15-17H2,1-2H3/t21-/m1/s1. The first-order valence-corrected chi connectivity index (χ1v) is 10.2. The fourth-order valence-electron chi connectivity index (χ4n) is 3.36. The molecule has 0 aliphatic carbocycles. The minimum Gasteiger partial charge on any atom is -0.493 e. The van der Waals surface area contributed by atoms with E-state index in [4.69, 9.17) is 9.47 Å². The monoisotopic (exact) mass is 443 g/mol. The van der Waals surface area contributed by atoms with Gasteiger partial charge in [0, 0.05) is 13.1 Å². The van der Waals surface area contributed by atoms with Gasteiger partial charge in [-0.25, -0.2) is 0 Å². The second kappa shape index (κ2) is 11.5. The Bertz CT molecular complexity index is 967. The van der Waals surface area contributed by atoms with Crippen molar-refractivity contribution in [2.24, 2.45) is 0 Å². The number of hydrogen-bond donors (Lipinski definition) is 1. The van der Waals surface area contributed by atoms with E-state index in [0.717, 1.165) is 16.7 Å². The highest BCUT2D eigenvalue weighted by atomic mass is 19.3. The highest BCUT2D eigenvalue weighted by molar-refractivity contribution is 5.63. The number of likely N-dealkylation sites (N-methyl/N-ethyl adjacent to an activating group) is 1. The van der Waals surface area contributed by atoms with Crippen LogP contribution in [0, 0.1) is 0 Å². The molecule has 5 nitrogen and oxygen atoms in total. The lowest BCUT2D eigenvalue weighted by Gasteiger charge is -2.21. The lowest BCUT2D eigenvalue weighted by molar-refractivity contribution is -0.0512. The second-order valence-corrected chi connectivity index (χ2v) is 7.42. The SMILES string of the molecule is COc1cc(CN(C)C[C@@H](O)COc2ccc(-c3ccccc3)cc2)ccc1OC(F)F. The molecule has 0 saturated heterocycles. The van der Waals surface area contributed by atoms with Crippen molar-refractivity contribution in [3.8, 4) is 28.4 Å². The van der Waals surface area contributed by atoms with Crippen LogP contribution in [0.4, 0.5) is 8.78 Å². The summed E-state index contributed by atoms with van der Waals surface area (Å²) >= 11 is 0. The van der Waals surface area contributed by atoms with Crippen LogP contribution in [0.3, 0.4) is 0 Å². The summed E-state index contributed by atoms with van der Waals surface area (Å²) in [4.78, 5) is 1.91. The van der Waals surface area contributed by atoms with Gasteiger partial charge in [-0.3, -0.25) is 4.90 Å². The second-order valence-electron chi connectivity index (χ2n) is 7.42. The van der Waals surface area contributed by atoms with E-state index in [1.807, 2.05) is 66.5 Å². The van der Waals surface area contributed by atoms with Crippen LogP contribution in [0.25, 0.3) is 11.1 Å². The van der Waals surface area contributed by atoms with Crippen LogP contribution in [-0.4, -0.2) is 50.0 Å². The Hall–Kier alpha value is -3.16. The molecule has 3 aromatic carbocycles. The molecule has 3 rings (SSSR count). The van der Waals surface area contributed by atoms with Crippen LogP contribution in [0.2, 0.25) is 0 Å². The zero-order valence-electron chi connectivity index (χ0n) is 18.1. The summed E-state index contributed by atoms with van der Waals surface area (Å²) in [5.41, 5.74) is 3.07. The molecule has 1 atom stereocenters. The first kappa shape index (κ1) is 23.5. The molecule has 0 aromatic heterocycles. The molecule has 0 saturated carbocycles. The molecule has 0 heterocycles.